The normalized spacial score (nSPS) is 20.0. The maximum absolute atomic E-state index is 13.0. The Morgan fingerprint density at radius 1 is 1.33 bits per heavy atom. The second-order valence-corrected chi connectivity index (χ2v) is 7.50. The van der Waals surface area contributed by atoms with Crippen LogP contribution in [0.2, 0.25) is 0 Å². The predicted octanol–water partition coefficient (Wildman–Crippen LogP) is 2.53. The average molecular weight is 310 g/mol. The van der Waals surface area contributed by atoms with Gasteiger partial charge in [0.25, 0.3) is 0 Å². The minimum absolute atomic E-state index is 0.160. The van der Waals surface area contributed by atoms with E-state index in [-0.39, 0.29) is 6.04 Å². The van der Waals surface area contributed by atoms with Crippen LogP contribution in [0.25, 0.3) is 0 Å². The molecule has 0 spiro atoms. The zero-order chi connectivity index (χ0) is 15.5. The monoisotopic (exact) mass is 310 g/mol. The van der Waals surface area contributed by atoms with E-state index in [2.05, 4.69) is 12.2 Å². The summed E-state index contributed by atoms with van der Waals surface area (Å²) in [4.78, 5) is 0.498. The Balaban J connectivity index is 2.44. The van der Waals surface area contributed by atoms with Crippen LogP contribution >= 0.6 is 0 Å². The first-order valence-corrected chi connectivity index (χ1v) is 9.26. The highest BCUT2D eigenvalue weighted by molar-refractivity contribution is 7.89. The highest BCUT2D eigenvalue weighted by atomic mass is 32.2. The van der Waals surface area contributed by atoms with Crippen molar-refractivity contribution in [2.45, 2.75) is 57.0 Å². The molecule has 1 aromatic rings. The molecule has 1 unspecified atom stereocenters. The minimum Gasteiger partial charge on any atom is -0.316 e. The van der Waals surface area contributed by atoms with Gasteiger partial charge in [0.05, 0.1) is 4.90 Å². The Morgan fingerprint density at radius 2 is 2.10 bits per heavy atom. The zero-order valence-electron chi connectivity index (χ0n) is 13.2. The number of sulfonamides is 1. The second kappa shape index (κ2) is 6.90. The maximum Gasteiger partial charge on any atom is 0.243 e. The molecule has 1 heterocycles. The van der Waals surface area contributed by atoms with Crippen molar-refractivity contribution < 1.29 is 8.42 Å². The number of hydrogen-bond donors (Lipinski definition) is 1. The summed E-state index contributed by atoms with van der Waals surface area (Å²) in [5.74, 6) is 0. The standard InChI is InChI=1S/C16H26N2O2S/c1-4-14-9-8-13(12-17-3)11-16(14)21(19,20)18-10-6-7-15(18)5-2/h8-9,11,15,17H,4-7,10,12H2,1-3H3. The molecule has 2 rings (SSSR count). The van der Waals surface area contributed by atoms with Crippen molar-refractivity contribution in [3.8, 4) is 0 Å². The van der Waals surface area contributed by atoms with Crippen molar-refractivity contribution >= 4 is 10.0 Å². The van der Waals surface area contributed by atoms with Crippen LogP contribution in [0, 0.1) is 0 Å². The van der Waals surface area contributed by atoms with E-state index < -0.39 is 10.0 Å². The molecular weight excluding hydrogens is 284 g/mol. The van der Waals surface area contributed by atoms with Crippen molar-refractivity contribution in [2.24, 2.45) is 0 Å². The van der Waals surface area contributed by atoms with Crippen LogP contribution in [0.4, 0.5) is 0 Å². The van der Waals surface area contributed by atoms with E-state index in [1.54, 1.807) is 4.31 Å². The molecule has 1 fully saturated rings. The summed E-state index contributed by atoms with van der Waals surface area (Å²) in [5, 5.41) is 3.08. The summed E-state index contributed by atoms with van der Waals surface area (Å²) in [7, 11) is -1.51. The molecule has 0 amide bonds. The van der Waals surface area contributed by atoms with Crippen molar-refractivity contribution in [3.63, 3.8) is 0 Å². The Bertz CT molecular complexity index is 584. The molecule has 21 heavy (non-hydrogen) atoms. The largest absolute Gasteiger partial charge is 0.316 e. The summed E-state index contributed by atoms with van der Waals surface area (Å²) in [6, 6.07) is 5.97. The highest BCUT2D eigenvalue weighted by Gasteiger charge is 2.35. The lowest BCUT2D eigenvalue weighted by molar-refractivity contribution is 0.379. The van der Waals surface area contributed by atoms with Crippen LogP contribution in [0.15, 0.2) is 23.1 Å². The van der Waals surface area contributed by atoms with Crippen molar-refractivity contribution in [2.75, 3.05) is 13.6 Å². The number of benzene rings is 1. The van der Waals surface area contributed by atoms with Gasteiger partial charge >= 0.3 is 0 Å². The van der Waals surface area contributed by atoms with Crippen LogP contribution in [0.1, 0.15) is 44.2 Å². The van der Waals surface area contributed by atoms with Gasteiger partial charge in [-0.3, -0.25) is 0 Å². The smallest absolute Gasteiger partial charge is 0.243 e. The summed E-state index contributed by atoms with van der Waals surface area (Å²) >= 11 is 0. The molecular formula is C16H26N2O2S. The Hall–Kier alpha value is -0.910. The molecule has 1 atom stereocenters. The Kier molecular flexibility index (Phi) is 5.41. The van der Waals surface area contributed by atoms with Crippen molar-refractivity contribution in [3.05, 3.63) is 29.3 Å². The summed E-state index contributed by atoms with van der Waals surface area (Å²) in [6.45, 7) is 5.41. The predicted molar refractivity (Wildman–Crippen MR) is 85.8 cm³/mol. The molecule has 118 valence electrons. The Morgan fingerprint density at radius 3 is 2.71 bits per heavy atom. The van der Waals surface area contributed by atoms with Gasteiger partial charge in [0.2, 0.25) is 10.0 Å². The molecule has 0 bridgehead atoms. The molecule has 5 heteroatoms. The van der Waals surface area contributed by atoms with Gasteiger partial charge in [0.15, 0.2) is 0 Å². The Labute approximate surface area is 128 Å². The number of hydrogen-bond acceptors (Lipinski definition) is 3. The molecule has 0 saturated carbocycles. The van der Waals surface area contributed by atoms with Gasteiger partial charge < -0.3 is 5.32 Å². The topological polar surface area (TPSA) is 49.4 Å². The molecule has 0 aromatic heterocycles. The number of nitrogens with one attached hydrogen (secondary N) is 1. The molecule has 1 saturated heterocycles. The van der Waals surface area contributed by atoms with E-state index >= 15 is 0 Å². The van der Waals surface area contributed by atoms with E-state index in [1.165, 1.54) is 0 Å². The average Bonchev–Trinajstić information content (AvgIpc) is 2.97. The van der Waals surface area contributed by atoms with Crippen molar-refractivity contribution in [1.29, 1.82) is 0 Å². The molecule has 1 N–H and O–H groups in total. The summed E-state index contributed by atoms with van der Waals surface area (Å²) in [6.07, 6.45) is 3.57. The van der Waals surface area contributed by atoms with Crippen LogP contribution in [-0.4, -0.2) is 32.4 Å². The van der Waals surface area contributed by atoms with Crippen LogP contribution in [0.3, 0.4) is 0 Å². The highest BCUT2D eigenvalue weighted by Crippen LogP contribution is 2.30. The SMILES string of the molecule is CCc1ccc(CNC)cc1S(=O)(=O)N1CCCC1CC. The number of nitrogens with zero attached hydrogens (tertiary/aromatic N) is 1. The minimum atomic E-state index is -3.38. The quantitative estimate of drug-likeness (QED) is 0.878. The van der Waals surface area contributed by atoms with Crippen molar-refractivity contribution in [1.82, 2.24) is 9.62 Å². The first-order chi connectivity index (χ1) is 10.0. The van der Waals surface area contributed by atoms with E-state index in [9.17, 15) is 8.42 Å². The molecule has 1 aromatic carbocycles. The van der Waals surface area contributed by atoms with Crippen LogP contribution in [-0.2, 0) is 23.0 Å². The molecule has 1 aliphatic heterocycles. The van der Waals surface area contributed by atoms with Gasteiger partial charge in [0, 0.05) is 19.1 Å². The first-order valence-electron chi connectivity index (χ1n) is 7.82. The van der Waals surface area contributed by atoms with Gasteiger partial charge in [-0.25, -0.2) is 8.42 Å². The third-order valence-electron chi connectivity index (χ3n) is 4.27. The molecule has 0 radical (unpaired) electrons. The molecule has 1 aliphatic rings. The third kappa shape index (κ3) is 3.30. The van der Waals surface area contributed by atoms with Gasteiger partial charge in [-0.05, 0) is 49.9 Å². The molecule has 4 nitrogen and oxygen atoms in total. The lowest BCUT2D eigenvalue weighted by atomic mass is 10.1. The second-order valence-electron chi connectivity index (χ2n) is 5.65. The van der Waals surface area contributed by atoms with Crippen LogP contribution in [0.5, 0.6) is 0 Å². The van der Waals surface area contributed by atoms with Gasteiger partial charge in [-0.15, -0.1) is 0 Å². The first kappa shape index (κ1) is 16.5. The lowest BCUT2D eigenvalue weighted by Crippen LogP contribution is -2.35. The fourth-order valence-corrected chi connectivity index (χ4v) is 5.22. The van der Waals surface area contributed by atoms with Gasteiger partial charge in [0.1, 0.15) is 0 Å². The van der Waals surface area contributed by atoms with Gasteiger partial charge in [-0.2, -0.15) is 4.31 Å². The lowest BCUT2D eigenvalue weighted by Gasteiger charge is -2.24. The summed E-state index contributed by atoms with van der Waals surface area (Å²) in [5.41, 5.74) is 1.93. The van der Waals surface area contributed by atoms with E-state index in [0.717, 1.165) is 36.8 Å². The fraction of sp³-hybridized carbons (Fsp3) is 0.625. The number of aryl methyl sites for hydroxylation is 1. The van der Waals surface area contributed by atoms with E-state index in [0.29, 0.717) is 18.0 Å². The molecule has 0 aliphatic carbocycles. The fourth-order valence-electron chi connectivity index (χ4n) is 3.11. The number of rotatable bonds is 6. The zero-order valence-corrected chi connectivity index (χ0v) is 14.0. The maximum atomic E-state index is 13.0. The van der Waals surface area contributed by atoms with Crippen LogP contribution < -0.4 is 5.32 Å². The van der Waals surface area contributed by atoms with E-state index in [4.69, 9.17) is 0 Å². The van der Waals surface area contributed by atoms with E-state index in [1.807, 2.05) is 32.2 Å². The third-order valence-corrected chi connectivity index (χ3v) is 6.31. The summed E-state index contributed by atoms with van der Waals surface area (Å²) < 4.78 is 27.8. The van der Waals surface area contributed by atoms with Gasteiger partial charge in [-0.1, -0.05) is 26.0 Å².